The van der Waals surface area contributed by atoms with Crippen molar-refractivity contribution in [1.29, 1.82) is 0 Å². The van der Waals surface area contributed by atoms with E-state index >= 15 is 0 Å². The third kappa shape index (κ3) is 2.74. The summed E-state index contributed by atoms with van der Waals surface area (Å²) in [6.07, 6.45) is 1.69. The molecule has 1 aromatic heterocycles. The van der Waals surface area contributed by atoms with Crippen LogP contribution in [0.15, 0.2) is 24.4 Å². The summed E-state index contributed by atoms with van der Waals surface area (Å²) in [5, 5.41) is 4.38. The molecule has 2 nitrogen and oxygen atoms in total. The van der Waals surface area contributed by atoms with Gasteiger partial charge in [0.15, 0.2) is 0 Å². The van der Waals surface area contributed by atoms with Crippen LogP contribution in [-0.4, -0.2) is 4.98 Å². The van der Waals surface area contributed by atoms with Crippen molar-refractivity contribution in [3.8, 4) is 0 Å². The predicted molar refractivity (Wildman–Crippen MR) is 70.4 cm³/mol. The standard InChI is InChI=1S/C12H13ClN2S/c1-8-3-4-9(2)10(5-8)14-7-12-15-6-11(13)16-12/h3-6,14H,7H2,1-2H3. The maximum atomic E-state index is 5.83. The van der Waals surface area contributed by atoms with Crippen LogP contribution >= 0.6 is 22.9 Å². The Kier molecular flexibility index (Phi) is 3.46. The van der Waals surface area contributed by atoms with E-state index < -0.39 is 0 Å². The summed E-state index contributed by atoms with van der Waals surface area (Å²) in [7, 11) is 0. The van der Waals surface area contributed by atoms with Crippen molar-refractivity contribution in [3.05, 3.63) is 44.9 Å². The molecule has 0 aliphatic heterocycles. The molecule has 16 heavy (non-hydrogen) atoms. The number of rotatable bonds is 3. The third-order valence-electron chi connectivity index (χ3n) is 2.35. The number of hydrogen-bond donors (Lipinski definition) is 1. The summed E-state index contributed by atoms with van der Waals surface area (Å²) in [6, 6.07) is 6.37. The predicted octanol–water partition coefficient (Wildman–Crippen LogP) is 4.03. The molecule has 84 valence electrons. The molecule has 0 amide bonds. The Morgan fingerprint density at radius 2 is 2.19 bits per heavy atom. The van der Waals surface area contributed by atoms with Crippen LogP contribution in [0.2, 0.25) is 4.34 Å². The van der Waals surface area contributed by atoms with E-state index in [1.165, 1.54) is 22.5 Å². The monoisotopic (exact) mass is 252 g/mol. The van der Waals surface area contributed by atoms with Crippen LogP contribution in [-0.2, 0) is 6.54 Å². The minimum atomic E-state index is 0.724. The molecule has 0 spiro atoms. The number of aromatic nitrogens is 1. The molecular weight excluding hydrogens is 240 g/mol. The van der Waals surface area contributed by atoms with Crippen LogP contribution in [0.4, 0.5) is 5.69 Å². The molecule has 0 aliphatic rings. The smallest absolute Gasteiger partial charge is 0.113 e. The van der Waals surface area contributed by atoms with Crippen molar-refractivity contribution in [3.63, 3.8) is 0 Å². The van der Waals surface area contributed by atoms with Gasteiger partial charge in [-0.2, -0.15) is 0 Å². The number of halogens is 1. The van der Waals surface area contributed by atoms with E-state index in [2.05, 4.69) is 42.3 Å². The zero-order valence-electron chi connectivity index (χ0n) is 9.25. The number of aryl methyl sites for hydroxylation is 2. The van der Waals surface area contributed by atoms with Gasteiger partial charge in [0, 0.05) is 5.69 Å². The maximum Gasteiger partial charge on any atom is 0.113 e. The van der Waals surface area contributed by atoms with Gasteiger partial charge in [0.2, 0.25) is 0 Å². The van der Waals surface area contributed by atoms with E-state index in [0.29, 0.717) is 0 Å². The van der Waals surface area contributed by atoms with E-state index in [0.717, 1.165) is 21.6 Å². The topological polar surface area (TPSA) is 24.9 Å². The van der Waals surface area contributed by atoms with Crippen LogP contribution in [0, 0.1) is 13.8 Å². The maximum absolute atomic E-state index is 5.83. The first-order valence-electron chi connectivity index (χ1n) is 5.06. The lowest BCUT2D eigenvalue weighted by Crippen LogP contribution is -2.00. The largest absolute Gasteiger partial charge is 0.378 e. The molecular formula is C12H13ClN2S. The fourth-order valence-electron chi connectivity index (χ4n) is 1.47. The number of nitrogens with zero attached hydrogens (tertiary/aromatic N) is 1. The number of nitrogens with one attached hydrogen (secondary N) is 1. The van der Waals surface area contributed by atoms with Gasteiger partial charge in [0.1, 0.15) is 9.34 Å². The first-order valence-corrected chi connectivity index (χ1v) is 6.26. The highest BCUT2D eigenvalue weighted by molar-refractivity contribution is 7.15. The summed E-state index contributed by atoms with van der Waals surface area (Å²) in [5.41, 5.74) is 3.66. The number of thiazole rings is 1. The van der Waals surface area contributed by atoms with Crippen LogP contribution in [0.5, 0.6) is 0 Å². The van der Waals surface area contributed by atoms with Crippen molar-refractivity contribution in [2.45, 2.75) is 20.4 Å². The molecule has 0 atom stereocenters. The Labute approximate surface area is 104 Å². The second kappa shape index (κ2) is 4.85. The van der Waals surface area contributed by atoms with Gasteiger partial charge >= 0.3 is 0 Å². The lowest BCUT2D eigenvalue weighted by atomic mass is 10.1. The van der Waals surface area contributed by atoms with Crippen molar-refractivity contribution >= 4 is 28.6 Å². The summed E-state index contributed by atoms with van der Waals surface area (Å²) in [5.74, 6) is 0. The van der Waals surface area contributed by atoms with Gasteiger partial charge in [-0.3, -0.25) is 0 Å². The molecule has 2 aromatic rings. The molecule has 1 heterocycles. The molecule has 0 radical (unpaired) electrons. The highest BCUT2D eigenvalue weighted by Gasteiger charge is 2.01. The van der Waals surface area contributed by atoms with Gasteiger partial charge in [-0.1, -0.05) is 23.7 Å². The lowest BCUT2D eigenvalue weighted by molar-refractivity contribution is 1.10. The first-order chi connectivity index (χ1) is 7.65. The zero-order chi connectivity index (χ0) is 11.5. The zero-order valence-corrected chi connectivity index (χ0v) is 10.8. The van der Waals surface area contributed by atoms with E-state index in [9.17, 15) is 0 Å². The van der Waals surface area contributed by atoms with E-state index in [1.54, 1.807) is 6.20 Å². The molecule has 0 aliphatic carbocycles. The Morgan fingerprint density at radius 3 is 2.88 bits per heavy atom. The molecule has 1 N–H and O–H groups in total. The summed E-state index contributed by atoms with van der Waals surface area (Å²) >= 11 is 7.34. The highest BCUT2D eigenvalue weighted by Crippen LogP contribution is 2.21. The van der Waals surface area contributed by atoms with Gasteiger partial charge < -0.3 is 5.32 Å². The molecule has 0 bridgehead atoms. The molecule has 1 aromatic carbocycles. The summed E-state index contributed by atoms with van der Waals surface area (Å²) in [6.45, 7) is 4.91. The molecule has 0 saturated carbocycles. The number of hydrogen-bond acceptors (Lipinski definition) is 3. The van der Waals surface area contributed by atoms with Gasteiger partial charge in [0.05, 0.1) is 12.7 Å². The van der Waals surface area contributed by atoms with Crippen molar-refractivity contribution < 1.29 is 0 Å². The molecule has 4 heteroatoms. The van der Waals surface area contributed by atoms with Gasteiger partial charge in [-0.25, -0.2) is 4.98 Å². The fraction of sp³-hybridized carbons (Fsp3) is 0.250. The molecule has 0 unspecified atom stereocenters. The normalized spacial score (nSPS) is 10.4. The van der Waals surface area contributed by atoms with Crippen molar-refractivity contribution in [2.24, 2.45) is 0 Å². The highest BCUT2D eigenvalue weighted by atomic mass is 35.5. The number of benzene rings is 1. The van der Waals surface area contributed by atoms with Gasteiger partial charge in [-0.05, 0) is 31.0 Å². The average molecular weight is 253 g/mol. The minimum Gasteiger partial charge on any atom is -0.378 e. The average Bonchev–Trinajstić information content (AvgIpc) is 2.66. The molecule has 0 fully saturated rings. The quantitative estimate of drug-likeness (QED) is 0.892. The third-order valence-corrected chi connectivity index (χ3v) is 3.46. The Balaban J connectivity index is 2.07. The molecule has 0 saturated heterocycles. The van der Waals surface area contributed by atoms with Gasteiger partial charge in [-0.15, -0.1) is 11.3 Å². The van der Waals surface area contributed by atoms with E-state index in [-0.39, 0.29) is 0 Å². The van der Waals surface area contributed by atoms with Crippen molar-refractivity contribution in [1.82, 2.24) is 4.98 Å². The number of anilines is 1. The first kappa shape index (κ1) is 11.4. The summed E-state index contributed by atoms with van der Waals surface area (Å²) in [4.78, 5) is 4.21. The van der Waals surface area contributed by atoms with Crippen LogP contribution in [0.25, 0.3) is 0 Å². The van der Waals surface area contributed by atoms with Crippen LogP contribution in [0.3, 0.4) is 0 Å². The lowest BCUT2D eigenvalue weighted by Gasteiger charge is -2.08. The Hall–Kier alpha value is -1.06. The van der Waals surface area contributed by atoms with E-state index in [1.807, 2.05) is 0 Å². The van der Waals surface area contributed by atoms with Crippen LogP contribution in [0.1, 0.15) is 16.1 Å². The molecule has 2 rings (SSSR count). The Bertz CT molecular complexity index is 494. The summed E-state index contributed by atoms with van der Waals surface area (Å²) < 4.78 is 0.734. The Morgan fingerprint density at radius 1 is 1.38 bits per heavy atom. The van der Waals surface area contributed by atoms with Crippen molar-refractivity contribution in [2.75, 3.05) is 5.32 Å². The van der Waals surface area contributed by atoms with E-state index in [4.69, 9.17) is 11.6 Å². The SMILES string of the molecule is Cc1ccc(C)c(NCc2ncc(Cl)s2)c1. The second-order valence-corrected chi connectivity index (χ2v) is 5.48. The van der Waals surface area contributed by atoms with Gasteiger partial charge in [0.25, 0.3) is 0 Å². The second-order valence-electron chi connectivity index (χ2n) is 3.73. The van der Waals surface area contributed by atoms with Crippen LogP contribution < -0.4 is 5.32 Å². The minimum absolute atomic E-state index is 0.724. The fourth-order valence-corrected chi connectivity index (χ4v) is 2.36.